The first-order valence-electron chi connectivity index (χ1n) is 5.30. The molecule has 0 aromatic carbocycles. The molecule has 0 spiro atoms. The Morgan fingerprint density at radius 3 is 2.79 bits per heavy atom. The number of aliphatic hydroxyl groups is 1. The van der Waals surface area contributed by atoms with Crippen LogP contribution in [0, 0.1) is 5.92 Å². The molecule has 0 bridgehead atoms. The van der Waals surface area contributed by atoms with Crippen molar-refractivity contribution in [3.05, 3.63) is 18.0 Å². The fraction of sp³-hybridized carbons (Fsp3) is 0.727. The zero-order chi connectivity index (χ0) is 10.2. The van der Waals surface area contributed by atoms with Gasteiger partial charge in [0.2, 0.25) is 0 Å². The summed E-state index contributed by atoms with van der Waals surface area (Å²) in [4.78, 5) is 0. The standard InChI is InChI=1S/C11H18N2O/c1-11(14,8-9-4-3-5-9)10-6-7-13(2)12-10/h6-7,9,14H,3-5,8H2,1-2H3. The summed E-state index contributed by atoms with van der Waals surface area (Å²) in [6.07, 6.45) is 6.59. The monoisotopic (exact) mass is 194 g/mol. The Bertz CT molecular complexity index is 313. The van der Waals surface area contributed by atoms with E-state index in [9.17, 15) is 5.11 Å². The third-order valence-corrected chi connectivity index (χ3v) is 3.18. The van der Waals surface area contributed by atoms with Crippen molar-refractivity contribution >= 4 is 0 Å². The van der Waals surface area contributed by atoms with E-state index in [2.05, 4.69) is 5.10 Å². The first-order chi connectivity index (χ1) is 6.58. The van der Waals surface area contributed by atoms with Crippen molar-refractivity contribution in [1.82, 2.24) is 9.78 Å². The lowest BCUT2D eigenvalue weighted by molar-refractivity contribution is 0.0118. The van der Waals surface area contributed by atoms with Crippen LogP contribution in [0.15, 0.2) is 12.3 Å². The minimum atomic E-state index is -0.744. The topological polar surface area (TPSA) is 38.0 Å². The predicted octanol–water partition coefficient (Wildman–Crippen LogP) is 1.82. The Morgan fingerprint density at radius 2 is 2.36 bits per heavy atom. The zero-order valence-corrected chi connectivity index (χ0v) is 8.90. The Balaban J connectivity index is 2.06. The van der Waals surface area contributed by atoms with Gasteiger partial charge in [-0.25, -0.2) is 0 Å². The normalized spacial score (nSPS) is 21.6. The molecule has 1 unspecified atom stereocenters. The van der Waals surface area contributed by atoms with E-state index in [1.54, 1.807) is 4.68 Å². The molecule has 1 atom stereocenters. The van der Waals surface area contributed by atoms with E-state index < -0.39 is 5.60 Å². The van der Waals surface area contributed by atoms with Crippen LogP contribution in [-0.4, -0.2) is 14.9 Å². The molecule has 0 saturated heterocycles. The van der Waals surface area contributed by atoms with Gasteiger partial charge in [0.25, 0.3) is 0 Å². The van der Waals surface area contributed by atoms with E-state index >= 15 is 0 Å². The molecule has 1 saturated carbocycles. The second kappa shape index (κ2) is 3.39. The fourth-order valence-electron chi connectivity index (χ4n) is 2.07. The molecule has 1 aliphatic rings. The van der Waals surface area contributed by atoms with Gasteiger partial charge in [0.05, 0.1) is 5.69 Å². The summed E-state index contributed by atoms with van der Waals surface area (Å²) in [5.74, 6) is 0.701. The lowest BCUT2D eigenvalue weighted by atomic mass is 9.77. The lowest BCUT2D eigenvalue weighted by Gasteiger charge is -2.32. The minimum absolute atomic E-state index is 0.701. The number of hydrogen-bond donors (Lipinski definition) is 1. The van der Waals surface area contributed by atoms with Gasteiger partial charge in [-0.05, 0) is 25.3 Å². The molecular formula is C11H18N2O. The van der Waals surface area contributed by atoms with Crippen molar-refractivity contribution < 1.29 is 5.11 Å². The van der Waals surface area contributed by atoms with E-state index in [1.165, 1.54) is 19.3 Å². The van der Waals surface area contributed by atoms with Crippen molar-refractivity contribution in [3.63, 3.8) is 0 Å². The van der Waals surface area contributed by atoms with Crippen molar-refractivity contribution in [2.24, 2.45) is 13.0 Å². The largest absolute Gasteiger partial charge is 0.384 e. The molecule has 78 valence electrons. The molecule has 0 radical (unpaired) electrons. The Morgan fingerprint density at radius 1 is 1.64 bits per heavy atom. The van der Waals surface area contributed by atoms with Gasteiger partial charge >= 0.3 is 0 Å². The van der Waals surface area contributed by atoms with Gasteiger partial charge in [0, 0.05) is 13.2 Å². The highest BCUT2D eigenvalue weighted by Gasteiger charge is 2.31. The van der Waals surface area contributed by atoms with Crippen LogP contribution in [0.4, 0.5) is 0 Å². The first-order valence-corrected chi connectivity index (χ1v) is 5.30. The molecule has 0 aliphatic heterocycles. The lowest BCUT2D eigenvalue weighted by Crippen LogP contribution is -2.28. The average molecular weight is 194 g/mol. The number of aromatic nitrogens is 2. The highest BCUT2D eigenvalue weighted by atomic mass is 16.3. The van der Waals surface area contributed by atoms with Crippen LogP contribution in [0.3, 0.4) is 0 Å². The van der Waals surface area contributed by atoms with E-state index in [0.29, 0.717) is 5.92 Å². The summed E-state index contributed by atoms with van der Waals surface area (Å²) in [5.41, 5.74) is 0.0544. The predicted molar refractivity (Wildman–Crippen MR) is 54.7 cm³/mol. The molecule has 1 aliphatic carbocycles. The quantitative estimate of drug-likeness (QED) is 0.797. The first kappa shape index (κ1) is 9.71. The van der Waals surface area contributed by atoms with E-state index in [-0.39, 0.29) is 0 Å². The fourth-order valence-corrected chi connectivity index (χ4v) is 2.07. The number of aryl methyl sites for hydroxylation is 1. The van der Waals surface area contributed by atoms with Crippen molar-refractivity contribution in [2.75, 3.05) is 0 Å². The van der Waals surface area contributed by atoms with Gasteiger partial charge in [-0.3, -0.25) is 4.68 Å². The second-order valence-electron chi connectivity index (χ2n) is 4.65. The van der Waals surface area contributed by atoms with Gasteiger partial charge in [0.1, 0.15) is 5.60 Å². The van der Waals surface area contributed by atoms with Crippen LogP contribution in [-0.2, 0) is 12.6 Å². The van der Waals surface area contributed by atoms with Gasteiger partial charge in [0.15, 0.2) is 0 Å². The molecule has 1 N–H and O–H groups in total. The summed E-state index contributed by atoms with van der Waals surface area (Å²) in [6, 6.07) is 1.90. The molecule has 1 heterocycles. The molecule has 1 fully saturated rings. The van der Waals surface area contributed by atoms with Gasteiger partial charge < -0.3 is 5.11 Å². The third kappa shape index (κ3) is 1.82. The van der Waals surface area contributed by atoms with Crippen molar-refractivity contribution in [1.29, 1.82) is 0 Å². The summed E-state index contributed by atoms with van der Waals surface area (Å²) in [7, 11) is 1.88. The maximum absolute atomic E-state index is 10.3. The van der Waals surface area contributed by atoms with E-state index in [4.69, 9.17) is 0 Å². The van der Waals surface area contributed by atoms with E-state index in [1.807, 2.05) is 26.2 Å². The molecule has 0 amide bonds. The van der Waals surface area contributed by atoms with Crippen LogP contribution in [0.25, 0.3) is 0 Å². The van der Waals surface area contributed by atoms with Crippen molar-refractivity contribution in [2.45, 2.75) is 38.2 Å². The van der Waals surface area contributed by atoms with Crippen LogP contribution in [0.5, 0.6) is 0 Å². The molecule has 1 aromatic heterocycles. The summed E-state index contributed by atoms with van der Waals surface area (Å²) in [6.45, 7) is 1.87. The van der Waals surface area contributed by atoms with Gasteiger partial charge in [-0.2, -0.15) is 5.10 Å². The van der Waals surface area contributed by atoms with Gasteiger partial charge in [-0.15, -0.1) is 0 Å². The summed E-state index contributed by atoms with van der Waals surface area (Å²) < 4.78 is 1.74. The number of rotatable bonds is 3. The van der Waals surface area contributed by atoms with Crippen molar-refractivity contribution in [3.8, 4) is 0 Å². The Labute approximate surface area is 84.7 Å². The third-order valence-electron chi connectivity index (χ3n) is 3.18. The molecule has 1 aromatic rings. The highest BCUT2D eigenvalue weighted by Crippen LogP contribution is 2.37. The molecular weight excluding hydrogens is 176 g/mol. The van der Waals surface area contributed by atoms with Crippen LogP contribution >= 0.6 is 0 Å². The van der Waals surface area contributed by atoms with Crippen LogP contribution in [0.2, 0.25) is 0 Å². The summed E-state index contributed by atoms with van der Waals surface area (Å²) in [5, 5.41) is 14.5. The molecule has 3 heteroatoms. The molecule has 2 rings (SSSR count). The zero-order valence-electron chi connectivity index (χ0n) is 8.90. The minimum Gasteiger partial charge on any atom is -0.384 e. The average Bonchev–Trinajstić information content (AvgIpc) is 2.45. The smallest absolute Gasteiger partial charge is 0.106 e. The molecule has 14 heavy (non-hydrogen) atoms. The van der Waals surface area contributed by atoms with E-state index in [0.717, 1.165) is 12.1 Å². The SMILES string of the molecule is Cn1ccc(C(C)(O)CC2CCC2)n1. The van der Waals surface area contributed by atoms with Gasteiger partial charge in [-0.1, -0.05) is 19.3 Å². The summed E-state index contributed by atoms with van der Waals surface area (Å²) >= 11 is 0. The maximum atomic E-state index is 10.3. The molecule has 3 nitrogen and oxygen atoms in total. The highest BCUT2D eigenvalue weighted by molar-refractivity contribution is 5.09. The Hall–Kier alpha value is -0.830. The number of hydrogen-bond acceptors (Lipinski definition) is 2. The second-order valence-corrected chi connectivity index (χ2v) is 4.65. The number of nitrogens with zero attached hydrogens (tertiary/aromatic N) is 2. The van der Waals surface area contributed by atoms with Crippen LogP contribution < -0.4 is 0 Å². The Kier molecular flexibility index (Phi) is 2.35. The van der Waals surface area contributed by atoms with Crippen LogP contribution in [0.1, 0.15) is 38.3 Å². The maximum Gasteiger partial charge on any atom is 0.106 e.